The molecule has 0 spiro atoms. The van der Waals surface area contributed by atoms with Crippen LogP contribution in [0.1, 0.15) is 6.42 Å². The van der Waals surface area contributed by atoms with Crippen LogP contribution < -0.4 is 4.72 Å². The second-order valence-corrected chi connectivity index (χ2v) is 5.00. The van der Waals surface area contributed by atoms with Crippen molar-refractivity contribution >= 4 is 15.7 Å². The van der Waals surface area contributed by atoms with E-state index in [1.807, 2.05) is 0 Å². The molecule has 0 bridgehead atoms. The van der Waals surface area contributed by atoms with Crippen LogP contribution in [0, 0.1) is 5.82 Å². The average Bonchev–Trinajstić information content (AvgIpc) is 2.19. The number of hydrogen-bond donors (Lipinski definition) is 2. The Morgan fingerprint density at radius 3 is 2.75 bits per heavy atom. The molecule has 0 amide bonds. The number of anilines is 1. The highest BCUT2D eigenvalue weighted by atomic mass is 32.2. The van der Waals surface area contributed by atoms with Crippen LogP contribution in [0.2, 0.25) is 0 Å². The summed E-state index contributed by atoms with van der Waals surface area (Å²) >= 11 is 0. The molecule has 6 heteroatoms. The molecule has 0 aliphatic carbocycles. The number of halogens is 1. The van der Waals surface area contributed by atoms with Crippen molar-refractivity contribution in [1.82, 2.24) is 0 Å². The highest BCUT2D eigenvalue weighted by Gasteiger charge is 2.12. The van der Waals surface area contributed by atoms with Crippen LogP contribution in [-0.4, -0.2) is 19.3 Å². The van der Waals surface area contributed by atoms with E-state index < -0.39 is 15.8 Å². The van der Waals surface area contributed by atoms with Gasteiger partial charge in [-0.15, -0.1) is 6.58 Å². The first-order valence-electron chi connectivity index (χ1n) is 4.54. The maximum atomic E-state index is 13.2. The largest absolute Gasteiger partial charge is 0.508 e. The fraction of sp³-hybridized carbons (Fsp3) is 0.200. The fourth-order valence-corrected chi connectivity index (χ4v) is 2.12. The SMILES string of the molecule is C=CCCS(=O)(=O)Nc1ccc(O)cc1F. The van der Waals surface area contributed by atoms with Crippen LogP contribution in [0.5, 0.6) is 5.75 Å². The Morgan fingerprint density at radius 1 is 1.50 bits per heavy atom. The Labute approximate surface area is 93.5 Å². The van der Waals surface area contributed by atoms with Crippen LogP contribution in [0.3, 0.4) is 0 Å². The molecule has 4 nitrogen and oxygen atoms in total. The standard InChI is InChI=1S/C10H12FNO3S/c1-2-3-6-16(14,15)12-10-5-4-8(13)7-9(10)11/h2,4-5,7,12-13H,1,3,6H2. The molecule has 1 rings (SSSR count). The van der Waals surface area contributed by atoms with E-state index >= 15 is 0 Å². The van der Waals surface area contributed by atoms with Crippen molar-refractivity contribution in [3.05, 3.63) is 36.7 Å². The molecular formula is C10H12FNO3S. The quantitative estimate of drug-likeness (QED) is 0.614. The smallest absolute Gasteiger partial charge is 0.233 e. The molecule has 16 heavy (non-hydrogen) atoms. The number of aromatic hydroxyl groups is 1. The van der Waals surface area contributed by atoms with E-state index in [2.05, 4.69) is 11.3 Å². The summed E-state index contributed by atoms with van der Waals surface area (Å²) in [7, 11) is -3.58. The third-order valence-corrected chi connectivity index (χ3v) is 3.11. The fourth-order valence-electron chi connectivity index (χ4n) is 1.04. The third-order valence-electron chi connectivity index (χ3n) is 1.81. The molecule has 0 saturated heterocycles. The Balaban J connectivity index is 2.84. The second-order valence-electron chi connectivity index (χ2n) is 3.16. The van der Waals surface area contributed by atoms with Crippen LogP contribution >= 0.6 is 0 Å². The Hall–Kier alpha value is -1.56. The van der Waals surface area contributed by atoms with E-state index in [1.54, 1.807) is 0 Å². The van der Waals surface area contributed by atoms with E-state index in [0.717, 1.165) is 12.1 Å². The summed E-state index contributed by atoms with van der Waals surface area (Å²) in [6, 6.07) is 3.20. The Bertz CT molecular complexity index is 485. The molecule has 0 fully saturated rings. The minimum absolute atomic E-state index is 0.156. The van der Waals surface area contributed by atoms with Gasteiger partial charge in [0.2, 0.25) is 10.0 Å². The van der Waals surface area contributed by atoms with Crippen molar-refractivity contribution < 1.29 is 17.9 Å². The molecule has 0 atom stereocenters. The van der Waals surface area contributed by atoms with Gasteiger partial charge in [0.05, 0.1) is 11.4 Å². The summed E-state index contributed by atoms with van der Waals surface area (Å²) in [4.78, 5) is 0. The number of sulfonamides is 1. The highest BCUT2D eigenvalue weighted by Crippen LogP contribution is 2.20. The summed E-state index contributed by atoms with van der Waals surface area (Å²) in [6.45, 7) is 3.40. The number of nitrogens with one attached hydrogen (secondary N) is 1. The van der Waals surface area contributed by atoms with E-state index in [-0.39, 0.29) is 23.6 Å². The minimum Gasteiger partial charge on any atom is -0.508 e. The van der Waals surface area contributed by atoms with Crippen molar-refractivity contribution in [3.63, 3.8) is 0 Å². The van der Waals surface area contributed by atoms with E-state index in [0.29, 0.717) is 0 Å². The molecule has 2 N–H and O–H groups in total. The lowest BCUT2D eigenvalue weighted by molar-refractivity contribution is 0.469. The molecule has 1 aromatic rings. The van der Waals surface area contributed by atoms with Gasteiger partial charge >= 0.3 is 0 Å². The van der Waals surface area contributed by atoms with Crippen LogP contribution in [0.25, 0.3) is 0 Å². The van der Waals surface area contributed by atoms with Gasteiger partial charge in [-0.1, -0.05) is 6.08 Å². The number of allylic oxidation sites excluding steroid dienone is 1. The zero-order valence-electron chi connectivity index (χ0n) is 8.48. The van der Waals surface area contributed by atoms with Gasteiger partial charge in [-0.05, 0) is 18.6 Å². The molecule has 0 aromatic heterocycles. The monoisotopic (exact) mass is 245 g/mol. The molecule has 0 aliphatic rings. The zero-order valence-corrected chi connectivity index (χ0v) is 9.30. The van der Waals surface area contributed by atoms with Gasteiger partial charge in [0.25, 0.3) is 0 Å². The molecule has 0 aliphatic heterocycles. The number of phenolic OH excluding ortho intramolecular Hbond substituents is 1. The molecule has 0 radical (unpaired) electrons. The molecule has 0 unspecified atom stereocenters. The molecule has 0 heterocycles. The molecule has 1 aromatic carbocycles. The zero-order chi connectivity index (χ0) is 12.2. The number of hydrogen-bond acceptors (Lipinski definition) is 3. The van der Waals surface area contributed by atoms with Crippen LogP contribution in [0.15, 0.2) is 30.9 Å². The first-order valence-corrected chi connectivity index (χ1v) is 6.20. The lowest BCUT2D eigenvalue weighted by atomic mass is 10.3. The normalized spacial score (nSPS) is 11.1. The summed E-state index contributed by atoms with van der Waals surface area (Å²) in [5.41, 5.74) is -0.179. The first kappa shape index (κ1) is 12.5. The van der Waals surface area contributed by atoms with Crippen molar-refractivity contribution in [3.8, 4) is 5.75 Å². The van der Waals surface area contributed by atoms with Gasteiger partial charge in [0.15, 0.2) is 5.82 Å². The lowest BCUT2D eigenvalue weighted by Gasteiger charge is -2.07. The number of benzene rings is 1. The predicted molar refractivity (Wildman–Crippen MR) is 60.3 cm³/mol. The number of phenols is 1. The highest BCUT2D eigenvalue weighted by molar-refractivity contribution is 7.92. The van der Waals surface area contributed by atoms with Gasteiger partial charge in [-0.3, -0.25) is 4.72 Å². The van der Waals surface area contributed by atoms with Crippen LogP contribution in [0.4, 0.5) is 10.1 Å². The average molecular weight is 245 g/mol. The van der Waals surface area contributed by atoms with E-state index in [4.69, 9.17) is 5.11 Å². The summed E-state index contributed by atoms with van der Waals surface area (Å²) in [5.74, 6) is -1.23. The molecule has 0 saturated carbocycles. The Morgan fingerprint density at radius 2 is 2.19 bits per heavy atom. The van der Waals surface area contributed by atoms with Gasteiger partial charge < -0.3 is 5.11 Å². The number of rotatable bonds is 5. The first-order chi connectivity index (χ1) is 7.44. The Kier molecular flexibility index (Phi) is 3.89. The van der Waals surface area contributed by atoms with Crippen molar-refractivity contribution in [2.75, 3.05) is 10.5 Å². The molecular weight excluding hydrogens is 233 g/mol. The third kappa shape index (κ3) is 3.54. The summed E-state index contributed by atoms with van der Waals surface area (Å²) < 4.78 is 38.1. The maximum absolute atomic E-state index is 13.2. The van der Waals surface area contributed by atoms with Crippen molar-refractivity contribution in [2.45, 2.75) is 6.42 Å². The second kappa shape index (κ2) is 4.98. The summed E-state index contributed by atoms with van der Waals surface area (Å²) in [5, 5.41) is 8.95. The van der Waals surface area contributed by atoms with Gasteiger partial charge in [-0.25, -0.2) is 12.8 Å². The minimum atomic E-state index is -3.58. The lowest BCUT2D eigenvalue weighted by Crippen LogP contribution is -2.17. The molecule has 88 valence electrons. The topological polar surface area (TPSA) is 66.4 Å². The summed E-state index contributed by atoms with van der Waals surface area (Å²) in [6.07, 6.45) is 1.75. The van der Waals surface area contributed by atoms with Crippen molar-refractivity contribution in [1.29, 1.82) is 0 Å². The predicted octanol–water partition coefficient (Wildman–Crippen LogP) is 1.85. The van der Waals surface area contributed by atoms with Gasteiger partial charge in [0, 0.05) is 6.07 Å². The van der Waals surface area contributed by atoms with Crippen LogP contribution in [-0.2, 0) is 10.0 Å². The van der Waals surface area contributed by atoms with Gasteiger partial charge in [0.1, 0.15) is 5.75 Å². The van der Waals surface area contributed by atoms with E-state index in [1.165, 1.54) is 12.1 Å². The maximum Gasteiger partial charge on any atom is 0.233 e. The van der Waals surface area contributed by atoms with Crippen molar-refractivity contribution in [2.24, 2.45) is 0 Å². The van der Waals surface area contributed by atoms with E-state index in [9.17, 15) is 12.8 Å². The van der Waals surface area contributed by atoms with Gasteiger partial charge in [-0.2, -0.15) is 0 Å².